The first-order valence-electron chi connectivity index (χ1n) is 14.2. The van der Waals surface area contributed by atoms with Crippen LogP contribution < -0.4 is 16.0 Å². The average Bonchev–Trinajstić information content (AvgIpc) is 2.93. The van der Waals surface area contributed by atoms with E-state index in [0.717, 1.165) is 16.8 Å². The number of anilines is 2. The van der Waals surface area contributed by atoms with Gasteiger partial charge in [-0.2, -0.15) is 0 Å². The zero-order valence-corrected chi connectivity index (χ0v) is 25.5. The molecule has 0 heterocycles. The van der Waals surface area contributed by atoms with Crippen molar-refractivity contribution >= 4 is 29.3 Å². The van der Waals surface area contributed by atoms with Crippen molar-refractivity contribution in [3.05, 3.63) is 95.6 Å². The molecule has 0 spiro atoms. The van der Waals surface area contributed by atoms with Crippen molar-refractivity contribution < 1.29 is 23.9 Å². The third kappa shape index (κ3) is 10.9. The summed E-state index contributed by atoms with van der Waals surface area (Å²) in [7, 11) is 0. The summed E-state index contributed by atoms with van der Waals surface area (Å²) < 4.78 is 10.8. The van der Waals surface area contributed by atoms with Gasteiger partial charge in [0.15, 0.2) is 0 Å². The summed E-state index contributed by atoms with van der Waals surface area (Å²) in [4.78, 5) is 38.3. The molecule has 0 saturated heterocycles. The highest BCUT2D eigenvalue weighted by molar-refractivity contribution is 5.94. The Morgan fingerprint density at radius 2 is 1.38 bits per heavy atom. The number of ether oxygens (including phenoxy) is 2. The highest BCUT2D eigenvalue weighted by Crippen LogP contribution is 2.24. The van der Waals surface area contributed by atoms with E-state index in [0.29, 0.717) is 12.2 Å². The maximum Gasteiger partial charge on any atom is 0.408 e. The summed E-state index contributed by atoms with van der Waals surface area (Å²) in [6.07, 6.45) is -0.743. The van der Waals surface area contributed by atoms with E-state index in [4.69, 9.17) is 9.47 Å². The summed E-state index contributed by atoms with van der Waals surface area (Å²) in [5.41, 5.74) is 3.94. The minimum Gasteiger partial charge on any atom is -0.459 e. The van der Waals surface area contributed by atoms with Gasteiger partial charge < -0.3 is 25.4 Å². The number of esters is 1. The Kier molecular flexibility index (Phi) is 11.1. The van der Waals surface area contributed by atoms with E-state index in [1.807, 2.05) is 54.6 Å². The fraction of sp³-hybridized carbons (Fsp3) is 0.382. The Hall–Kier alpha value is -4.33. The molecule has 8 nitrogen and oxygen atoms in total. The van der Waals surface area contributed by atoms with Gasteiger partial charge in [-0.3, -0.25) is 4.79 Å². The molecular weight excluding hydrogens is 530 g/mol. The number of hydrogen-bond donors (Lipinski definition) is 3. The van der Waals surface area contributed by atoms with Gasteiger partial charge in [-0.15, -0.1) is 0 Å². The molecule has 0 aliphatic carbocycles. The molecule has 2 amide bonds. The molecule has 42 heavy (non-hydrogen) atoms. The predicted octanol–water partition coefficient (Wildman–Crippen LogP) is 6.95. The summed E-state index contributed by atoms with van der Waals surface area (Å²) >= 11 is 0. The number of benzene rings is 3. The second kappa shape index (κ2) is 14.5. The zero-order valence-electron chi connectivity index (χ0n) is 25.5. The predicted molar refractivity (Wildman–Crippen MR) is 166 cm³/mol. The third-order valence-corrected chi connectivity index (χ3v) is 6.36. The van der Waals surface area contributed by atoms with Crippen molar-refractivity contribution in [1.82, 2.24) is 5.32 Å². The summed E-state index contributed by atoms with van der Waals surface area (Å²) in [6, 6.07) is 24.1. The van der Waals surface area contributed by atoms with Crippen molar-refractivity contribution in [2.24, 2.45) is 0 Å². The topological polar surface area (TPSA) is 106 Å². The second-order valence-electron chi connectivity index (χ2n) is 12.2. The van der Waals surface area contributed by atoms with Gasteiger partial charge in [-0.25, -0.2) is 9.59 Å². The Balaban J connectivity index is 1.60. The smallest absolute Gasteiger partial charge is 0.408 e. The Morgan fingerprint density at radius 3 is 2.00 bits per heavy atom. The average molecular weight is 574 g/mol. The van der Waals surface area contributed by atoms with E-state index < -0.39 is 23.7 Å². The first kappa shape index (κ1) is 32.2. The highest BCUT2D eigenvalue weighted by Gasteiger charge is 2.26. The third-order valence-electron chi connectivity index (χ3n) is 6.36. The lowest BCUT2D eigenvalue weighted by molar-refractivity contribution is -0.147. The van der Waals surface area contributed by atoms with Gasteiger partial charge in [-0.1, -0.05) is 87.5 Å². The van der Waals surface area contributed by atoms with Crippen LogP contribution in [0.2, 0.25) is 0 Å². The van der Waals surface area contributed by atoms with Crippen LogP contribution in [0.4, 0.5) is 16.2 Å². The van der Waals surface area contributed by atoms with E-state index >= 15 is 0 Å². The van der Waals surface area contributed by atoms with Gasteiger partial charge in [0.05, 0.1) is 11.4 Å². The lowest BCUT2D eigenvalue weighted by atomic mass is 9.87. The molecule has 0 fully saturated rings. The van der Waals surface area contributed by atoms with E-state index in [2.05, 4.69) is 61.0 Å². The minimum atomic E-state index is -1.06. The number of nitrogens with one attached hydrogen (secondary N) is 3. The Labute approximate surface area is 249 Å². The van der Waals surface area contributed by atoms with Crippen LogP contribution in [-0.2, 0) is 37.6 Å². The van der Waals surface area contributed by atoms with Crippen molar-refractivity contribution in [3.63, 3.8) is 0 Å². The number of amides is 2. The van der Waals surface area contributed by atoms with Gasteiger partial charge in [0.2, 0.25) is 5.91 Å². The Bertz CT molecular complexity index is 1330. The number of hydrogen-bond acceptors (Lipinski definition) is 6. The summed E-state index contributed by atoms with van der Waals surface area (Å²) in [5, 5.41) is 8.88. The zero-order chi connectivity index (χ0) is 30.8. The van der Waals surface area contributed by atoms with Gasteiger partial charge in [0.1, 0.15) is 18.2 Å². The number of carbonyl (C=O) groups excluding carboxylic acids is 3. The maximum absolute atomic E-state index is 13.0. The summed E-state index contributed by atoms with van der Waals surface area (Å²) in [6.45, 7) is 12.4. The van der Waals surface area contributed by atoms with E-state index in [1.165, 1.54) is 5.56 Å². The highest BCUT2D eigenvalue weighted by atomic mass is 16.6. The molecule has 1 unspecified atom stereocenters. The van der Waals surface area contributed by atoms with Crippen LogP contribution in [0.3, 0.4) is 0 Å². The van der Waals surface area contributed by atoms with Crippen molar-refractivity contribution in [1.29, 1.82) is 0 Å². The van der Waals surface area contributed by atoms with Crippen LogP contribution in [0.15, 0.2) is 78.9 Å². The van der Waals surface area contributed by atoms with Gasteiger partial charge in [-0.05, 0) is 61.4 Å². The first-order chi connectivity index (χ1) is 19.8. The molecule has 0 bridgehead atoms. The fourth-order valence-electron chi connectivity index (χ4n) is 4.08. The molecule has 3 rings (SSSR count). The SMILES string of the molecule is CC(C)(C)OC(=O)NC(CCC(=O)Nc1ccccc1NCc1ccc(C(C)(C)C)cc1)C(=O)OCc1ccccc1. The fourth-order valence-corrected chi connectivity index (χ4v) is 4.08. The molecule has 8 heteroatoms. The van der Waals surface area contributed by atoms with Crippen LogP contribution >= 0.6 is 0 Å². The van der Waals surface area contributed by atoms with Crippen LogP contribution in [0, 0.1) is 0 Å². The molecule has 224 valence electrons. The largest absolute Gasteiger partial charge is 0.459 e. The molecule has 0 aliphatic heterocycles. The molecule has 3 aromatic rings. The second-order valence-corrected chi connectivity index (χ2v) is 12.2. The van der Waals surface area contributed by atoms with E-state index in [9.17, 15) is 14.4 Å². The Morgan fingerprint density at radius 1 is 0.762 bits per heavy atom. The lowest BCUT2D eigenvalue weighted by Gasteiger charge is -2.23. The number of rotatable bonds is 11. The van der Waals surface area contributed by atoms with Crippen molar-refractivity contribution in [3.8, 4) is 0 Å². The van der Waals surface area contributed by atoms with Gasteiger partial charge in [0.25, 0.3) is 0 Å². The van der Waals surface area contributed by atoms with Gasteiger partial charge >= 0.3 is 12.1 Å². The van der Waals surface area contributed by atoms with Crippen LogP contribution in [0.25, 0.3) is 0 Å². The van der Waals surface area contributed by atoms with Crippen molar-refractivity contribution in [2.75, 3.05) is 10.6 Å². The van der Waals surface area contributed by atoms with Gasteiger partial charge in [0, 0.05) is 13.0 Å². The monoisotopic (exact) mass is 573 g/mol. The first-order valence-corrected chi connectivity index (χ1v) is 14.2. The van der Waals surface area contributed by atoms with Crippen LogP contribution in [0.5, 0.6) is 0 Å². The molecule has 0 aromatic heterocycles. The molecule has 0 radical (unpaired) electrons. The van der Waals surface area contributed by atoms with Crippen LogP contribution in [-0.4, -0.2) is 29.6 Å². The maximum atomic E-state index is 13.0. The van der Waals surface area contributed by atoms with E-state index in [1.54, 1.807) is 20.8 Å². The lowest BCUT2D eigenvalue weighted by Crippen LogP contribution is -2.44. The molecule has 1 atom stereocenters. The number of alkyl carbamates (subject to hydrolysis) is 1. The molecule has 3 aromatic carbocycles. The quantitative estimate of drug-likeness (QED) is 0.214. The number of para-hydroxylation sites is 2. The summed E-state index contributed by atoms with van der Waals surface area (Å²) in [5.74, 6) is -0.942. The minimum absolute atomic E-state index is 0.0243. The molecular formula is C34H43N3O5. The van der Waals surface area contributed by atoms with Crippen LogP contribution in [0.1, 0.15) is 71.1 Å². The van der Waals surface area contributed by atoms with Crippen molar-refractivity contribution in [2.45, 2.75) is 84.6 Å². The standard InChI is InChI=1S/C34H43N3O5/c1-33(2,3)26-18-16-24(17-19-26)22-35-27-14-10-11-15-28(27)36-30(38)21-20-29(37-32(40)42-34(4,5)6)31(39)41-23-25-12-8-7-9-13-25/h7-19,29,35H,20-23H2,1-6H3,(H,36,38)(H,37,40). The molecule has 0 aliphatic rings. The van der Waals surface area contributed by atoms with E-state index in [-0.39, 0.29) is 30.8 Å². The normalized spacial score (nSPS) is 12.1. The molecule has 0 saturated carbocycles. The molecule has 3 N–H and O–H groups in total. The number of carbonyl (C=O) groups is 3.